The van der Waals surface area contributed by atoms with Gasteiger partial charge in [0.2, 0.25) is 5.91 Å². The smallest absolute Gasteiger partial charge is 0.261 e. The van der Waals surface area contributed by atoms with Crippen LogP contribution in [0.5, 0.6) is 5.75 Å². The van der Waals surface area contributed by atoms with E-state index in [-0.39, 0.29) is 29.9 Å². The molecular weight excluding hydrogens is 570 g/mol. The van der Waals surface area contributed by atoms with E-state index in [2.05, 4.69) is 10.6 Å². The van der Waals surface area contributed by atoms with Crippen LogP contribution in [0.4, 0.5) is 0 Å². The van der Waals surface area contributed by atoms with Crippen molar-refractivity contribution in [1.29, 1.82) is 0 Å². The number of carbonyl (C=O) groups is 5. The molecule has 2 aliphatic rings. The third-order valence-electron chi connectivity index (χ3n) is 7.61. The molecular formula is C32H39N3O9. The van der Waals surface area contributed by atoms with Crippen molar-refractivity contribution < 1.29 is 43.7 Å². The van der Waals surface area contributed by atoms with Crippen molar-refractivity contribution >= 4 is 29.4 Å². The second-order valence-corrected chi connectivity index (χ2v) is 11.4. The lowest BCUT2D eigenvalue weighted by Gasteiger charge is -2.24. The van der Waals surface area contributed by atoms with Crippen molar-refractivity contribution in [2.75, 3.05) is 33.0 Å². The summed E-state index contributed by atoms with van der Waals surface area (Å²) in [5.41, 5.74) is -0.245. The quantitative estimate of drug-likeness (QED) is 0.118. The van der Waals surface area contributed by atoms with Crippen LogP contribution >= 0.6 is 0 Å². The van der Waals surface area contributed by atoms with Gasteiger partial charge < -0.3 is 30.3 Å². The molecule has 2 aromatic rings. The van der Waals surface area contributed by atoms with E-state index >= 15 is 0 Å². The standard InChI is InChI=1S/C32H39N3O9/c1-20(2)15-25(27(38)32(18-37)19-44-32)33-29(40)26(17-36)34-28(39)21-9-8-10-22(16-21)43-14-7-3-6-13-35-30(41)23-11-4-5-12-24(23)31(35)42/h4-5,8-12,16,20,25-26,36-37H,3,6-7,13-15,17-19H2,1-2H3,(H,33,40)(H,34,39). The number of ketones is 1. The zero-order valence-corrected chi connectivity index (χ0v) is 24.9. The van der Waals surface area contributed by atoms with Gasteiger partial charge in [-0.05, 0) is 61.9 Å². The minimum absolute atomic E-state index is 0.0417. The molecule has 2 aromatic carbocycles. The number of hydrogen-bond acceptors (Lipinski definition) is 9. The monoisotopic (exact) mass is 609 g/mol. The number of aliphatic hydroxyl groups excluding tert-OH is 2. The number of unbranched alkanes of at least 4 members (excludes halogenated alkanes) is 2. The number of ether oxygens (including phenoxy) is 2. The Morgan fingerprint density at radius 2 is 1.64 bits per heavy atom. The predicted molar refractivity (Wildman–Crippen MR) is 158 cm³/mol. The lowest BCUT2D eigenvalue weighted by molar-refractivity contribution is -0.133. The summed E-state index contributed by atoms with van der Waals surface area (Å²) in [6, 6.07) is 10.9. The van der Waals surface area contributed by atoms with E-state index < -0.39 is 48.5 Å². The first-order valence-corrected chi connectivity index (χ1v) is 14.8. The molecule has 12 nitrogen and oxygen atoms in total. The highest BCUT2D eigenvalue weighted by atomic mass is 16.6. The fraction of sp³-hybridized carbons (Fsp3) is 0.469. The molecule has 236 valence electrons. The van der Waals surface area contributed by atoms with Gasteiger partial charge in [0.25, 0.3) is 17.7 Å². The Morgan fingerprint density at radius 3 is 2.23 bits per heavy atom. The van der Waals surface area contributed by atoms with Gasteiger partial charge in [-0.15, -0.1) is 0 Å². The molecule has 4 amide bonds. The Kier molecular flexibility index (Phi) is 10.8. The van der Waals surface area contributed by atoms with E-state index in [0.717, 1.165) is 0 Å². The molecule has 0 spiro atoms. The molecule has 44 heavy (non-hydrogen) atoms. The highest BCUT2D eigenvalue weighted by molar-refractivity contribution is 6.21. The molecule has 4 rings (SSSR count). The SMILES string of the molecule is CC(C)CC(NC(=O)C(CO)NC(=O)c1cccc(OCCCCCN2C(=O)c3ccccc3C2=O)c1)C(=O)C1(CO)CO1. The number of carbonyl (C=O) groups excluding carboxylic acids is 5. The van der Waals surface area contributed by atoms with E-state index in [1.54, 1.807) is 36.4 Å². The summed E-state index contributed by atoms with van der Waals surface area (Å²) < 4.78 is 10.9. The maximum atomic E-state index is 12.9. The number of epoxide rings is 1. The van der Waals surface area contributed by atoms with Gasteiger partial charge in [0.15, 0.2) is 11.4 Å². The number of fused-ring (bicyclic) bond motifs is 1. The summed E-state index contributed by atoms with van der Waals surface area (Å²) in [5.74, 6) is -1.87. The van der Waals surface area contributed by atoms with Crippen LogP contribution in [0.2, 0.25) is 0 Å². The second-order valence-electron chi connectivity index (χ2n) is 11.4. The number of imide groups is 1. The van der Waals surface area contributed by atoms with Gasteiger partial charge in [-0.2, -0.15) is 0 Å². The summed E-state index contributed by atoms with van der Waals surface area (Å²) in [4.78, 5) is 65.0. The first-order chi connectivity index (χ1) is 21.1. The van der Waals surface area contributed by atoms with Gasteiger partial charge in [0.05, 0.1) is 43.6 Å². The molecule has 0 aromatic heterocycles. The Bertz CT molecular complexity index is 1350. The molecule has 0 radical (unpaired) electrons. The van der Waals surface area contributed by atoms with Crippen LogP contribution in [0.1, 0.15) is 70.6 Å². The minimum atomic E-state index is -1.32. The molecule has 0 bridgehead atoms. The lowest BCUT2D eigenvalue weighted by atomic mass is 9.92. The maximum Gasteiger partial charge on any atom is 0.261 e. The number of benzene rings is 2. The number of nitrogens with zero attached hydrogens (tertiary/aromatic N) is 1. The maximum absolute atomic E-state index is 12.9. The van der Waals surface area contributed by atoms with E-state index in [0.29, 0.717) is 55.7 Å². The second kappa shape index (κ2) is 14.6. The van der Waals surface area contributed by atoms with Crippen molar-refractivity contribution in [1.82, 2.24) is 15.5 Å². The van der Waals surface area contributed by atoms with E-state index in [4.69, 9.17) is 9.47 Å². The number of rotatable bonds is 17. The zero-order valence-electron chi connectivity index (χ0n) is 24.9. The summed E-state index contributed by atoms with van der Waals surface area (Å²) in [6.45, 7) is 3.31. The normalized spacial score (nSPS) is 18.5. The fourth-order valence-corrected chi connectivity index (χ4v) is 5.04. The van der Waals surface area contributed by atoms with E-state index in [1.165, 1.54) is 17.0 Å². The number of Topliss-reactive ketones (excluding diaryl/α,β-unsaturated/α-hetero) is 1. The topological polar surface area (TPSA) is 175 Å². The summed E-state index contributed by atoms with van der Waals surface area (Å²) in [5, 5.41) is 24.5. The van der Waals surface area contributed by atoms with Crippen molar-refractivity contribution in [3.05, 3.63) is 65.2 Å². The van der Waals surface area contributed by atoms with Crippen LogP contribution in [0, 0.1) is 5.92 Å². The fourth-order valence-electron chi connectivity index (χ4n) is 5.04. The van der Waals surface area contributed by atoms with Crippen LogP contribution < -0.4 is 15.4 Å². The van der Waals surface area contributed by atoms with Crippen molar-refractivity contribution in [2.45, 2.75) is 57.2 Å². The molecule has 2 aliphatic heterocycles. The van der Waals surface area contributed by atoms with Gasteiger partial charge in [0, 0.05) is 12.1 Å². The van der Waals surface area contributed by atoms with Crippen molar-refractivity contribution in [2.24, 2.45) is 5.92 Å². The van der Waals surface area contributed by atoms with Gasteiger partial charge in [0.1, 0.15) is 11.8 Å². The molecule has 3 unspecified atom stereocenters. The van der Waals surface area contributed by atoms with E-state index in [1.807, 2.05) is 13.8 Å². The number of amides is 4. The van der Waals surface area contributed by atoms with Crippen molar-refractivity contribution in [3.8, 4) is 5.75 Å². The van der Waals surface area contributed by atoms with Crippen molar-refractivity contribution in [3.63, 3.8) is 0 Å². The Balaban J connectivity index is 1.23. The molecule has 0 saturated carbocycles. The minimum Gasteiger partial charge on any atom is -0.494 e. The molecule has 2 heterocycles. The van der Waals surface area contributed by atoms with Crippen LogP contribution in [-0.2, 0) is 14.3 Å². The van der Waals surface area contributed by atoms with Gasteiger partial charge in [-0.3, -0.25) is 28.9 Å². The molecule has 4 N–H and O–H groups in total. The largest absolute Gasteiger partial charge is 0.494 e. The summed E-state index contributed by atoms with van der Waals surface area (Å²) in [7, 11) is 0. The van der Waals surface area contributed by atoms with Gasteiger partial charge in [-0.25, -0.2) is 0 Å². The lowest BCUT2D eigenvalue weighted by Crippen LogP contribution is -2.55. The Labute approximate surface area is 255 Å². The highest BCUT2D eigenvalue weighted by Gasteiger charge is 2.54. The summed E-state index contributed by atoms with van der Waals surface area (Å²) in [6.07, 6.45) is 2.29. The first-order valence-electron chi connectivity index (χ1n) is 14.8. The third kappa shape index (κ3) is 7.68. The number of hydrogen-bond donors (Lipinski definition) is 4. The van der Waals surface area contributed by atoms with Crippen LogP contribution in [0.3, 0.4) is 0 Å². The van der Waals surface area contributed by atoms with Crippen LogP contribution in [-0.4, -0.2) is 95.2 Å². The van der Waals surface area contributed by atoms with Gasteiger partial charge in [-0.1, -0.05) is 32.0 Å². The zero-order chi connectivity index (χ0) is 31.9. The Morgan fingerprint density at radius 1 is 0.955 bits per heavy atom. The summed E-state index contributed by atoms with van der Waals surface area (Å²) >= 11 is 0. The Hall–Kier alpha value is -4.13. The van der Waals surface area contributed by atoms with Crippen LogP contribution in [0.15, 0.2) is 48.5 Å². The van der Waals surface area contributed by atoms with Gasteiger partial charge >= 0.3 is 0 Å². The number of nitrogens with one attached hydrogen (secondary N) is 2. The molecule has 3 atom stereocenters. The molecule has 12 heteroatoms. The molecule has 0 aliphatic carbocycles. The average molecular weight is 610 g/mol. The molecule has 1 fully saturated rings. The highest BCUT2D eigenvalue weighted by Crippen LogP contribution is 2.30. The predicted octanol–water partition coefficient (Wildman–Crippen LogP) is 1.48. The molecule has 1 saturated heterocycles. The average Bonchev–Trinajstić information content (AvgIpc) is 3.79. The first kappa shape index (κ1) is 32.8. The number of aliphatic hydroxyl groups is 2. The third-order valence-corrected chi connectivity index (χ3v) is 7.61. The van der Waals surface area contributed by atoms with Crippen LogP contribution in [0.25, 0.3) is 0 Å². The van der Waals surface area contributed by atoms with E-state index in [9.17, 15) is 34.2 Å².